The van der Waals surface area contributed by atoms with Crippen LogP contribution in [0, 0.1) is 0 Å². The third-order valence-corrected chi connectivity index (χ3v) is 2.63. The van der Waals surface area contributed by atoms with Crippen molar-refractivity contribution in [2.75, 3.05) is 14.2 Å². The van der Waals surface area contributed by atoms with Crippen molar-refractivity contribution in [3.05, 3.63) is 54.1 Å². The molecule has 18 heavy (non-hydrogen) atoms. The molecule has 0 aliphatic rings. The molecule has 0 heterocycles. The van der Waals surface area contributed by atoms with Crippen LogP contribution >= 0.6 is 0 Å². The fourth-order valence-electron chi connectivity index (χ4n) is 1.71. The van der Waals surface area contributed by atoms with Crippen molar-refractivity contribution in [3.63, 3.8) is 0 Å². The molecular weight excluding hydrogens is 226 g/mol. The zero-order valence-electron chi connectivity index (χ0n) is 10.6. The Morgan fingerprint density at radius 1 is 0.944 bits per heavy atom. The van der Waals surface area contributed by atoms with E-state index >= 15 is 0 Å². The molecule has 94 valence electrons. The molecule has 0 saturated heterocycles. The van der Waals surface area contributed by atoms with E-state index in [0.717, 1.165) is 29.4 Å². The van der Waals surface area contributed by atoms with E-state index in [0.29, 0.717) is 0 Å². The van der Waals surface area contributed by atoms with E-state index in [1.807, 2.05) is 49.5 Å². The first-order valence-electron chi connectivity index (χ1n) is 5.88. The van der Waals surface area contributed by atoms with E-state index in [2.05, 4.69) is 11.4 Å². The first-order valence-corrected chi connectivity index (χ1v) is 5.88. The fraction of sp³-hybridized carbons (Fsp3) is 0.200. The molecule has 0 aliphatic carbocycles. The summed E-state index contributed by atoms with van der Waals surface area (Å²) in [7, 11) is 3.57. The van der Waals surface area contributed by atoms with Crippen molar-refractivity contribution >= 4 is 0 Å². The van der Waals surface area contributed by atoms with Crippen molar-refractivity contribution in [2.45, 2.75) is 6.54 Å². The first-order chi connectivity index (χ1) is 8.83. The Morgan fingerprint density at radius 3 is 2.28 bits per heavy atom. The standard InChI is InChI=1S/C15H17NO2/c1-16-11-12-5-3-4-6-15(12)18-14-9-7-13(17-2)8-10-14/h3-10,16H,11H2,1-2H3. The maximum Gasteiger partial charge on any atom is 0.131 e. The van der Waals surface area contributed by atoms with Gasteiger partial charge < -0.3 is 14.8 Å². The Hall–Kier alpha value is -2.00. The predicted molar refractivity (Wildman–Crippen MR) is 72.3 cm³/mol. The van der Waals surface area contributed by atoms with Gasteiger partial charge >= 0.3 is 0 Å². The number of benzene rings is 2. The number of nitrogens with one attached hydrogen (secondary N) is 1. The molecule has 0 unspecified atom stereocenters. The highest BCUT2D eigenvalue weighted by atomic mass is 16.5. The van der Waals surface area contributed by atoms with Crippen LogP contribution in [0.4, 0.5) is 0 Å². The molecule has 1 N–H and O–H groups in total. The van der Waals surface area contributed by atoms with E-state index in [1.165, 1.54) is 0 Å². The molecule has 0 saturated carbocycles. The summed E-state index contributed by atoms with van der Waals surface area (Å²) < 4.78 is 11.0. The minimum atomic E-state index is 0.784. The van der Waals surface area contributed by atoms with Crippen molar-refractivity contribution < 1.29 is 9.47 Å². The van der Waals surface area contributed by atoms with E-state index in [1.54, 1.807) is 7.11 Å². The number of ether oxygens (including phenoxy) is 2. The van der Waals surface area contributed by atoms with E-state index < -0.39 is 0 Å². The number of methoxy groups -OCH3 is 1. The van der Waals surface area contributed by atoms with Crippen LogP contribution in [0.25, 0.3) is 0 Å². The van der Waals surface area contributed by atoms with Crippen molar-refractivity contribution in [2.24, 2.45) is 0 Å². The molecule has 0 fully saturated rings. The normalized spacial score (nSPS) is 10.1. The number of hydrogen-bond acceptors (Lipinski definition) is 3. The monoisotopic (exact) mass is 243 g/mol. The Balaban J connectivity index is 2.17. The minimum Gasteiger partial charge on any atom is -0.497 e. The molecule has 3 nitrogen and oxygen atoms in total. The first kappa shape index (κ1) is 12.5. The summed E-state index contributed by atoms with van der Waals surface area (Å²) in [6, 6.07) is 15.6. The zero-order chi connectivity index (χ0) is 12.8. The van der Waals surface area contributed by atoms with Gasteiger partial charge in [0, 0.05) is 12.1 Å². The summed E-state index contributed by atoms with van der Waals surface area (Å²) >= 11 is 0. The Bertz CT molecular complexity index is 494. The van der Waals surface area contributed by atoms with E-state index in [9.17, 15) is 0 Å². The summed E-state index contributed by atoms with van der Waals surface area (Å²) in [5.41, 5.74) is 1.14. The van der Waals surface area contributed by atoms with Gasteiger partial charge in [-0.2, -0.15) is 0 Å². The molecule has 0 amide bonds. The molecule has 2 aromatic rings. The van der Waals surface area contributed by atoms with Gasteiger partial charge in [-0.3, -0.25) is 0 Å². The maximum atomic E-state index is 5.87. The van der Waals surface area contributed by atoms with Crippen LogP contribution in [0.2, 0.25) is 0 Å². The topological polar surface area (TPSA) is 30.5 Å². The molecule has 0 bridgehead atoms. The minimum absolute atomic E-state index is 0.784. The van der Waals surface area contributed by atoms with Crippen molar-refractivity contribution in [1.29, 1.82) is 0 Å². The number of hydrogen-bond donors (Lipinski definition) is 1. The number of para-hydroxylation sites is 1. The van der Waals surface area contributed by atoms with Gasteiger partial charge in [-0.05, 0) is 37.4 Å². The second-order valence-electron chi connectivity index (χ2n) is 3.92. The van der Waals surface area contributed by atoms with Crippen LogP contribution in [-0.2, 0) is 6.54 Å². The second kappa shape index (κ2) is 6.07. The molecule has 3 heteroatoms. The quantitative estimate of drug-likeness (QED) is 0.874. The molecule has 0 spiro atoms. The third kappa shape index (κ3) is 3.02. The van der Waals surface area contributed by atoms with Crippen LogP contribution < -0.4 is 14.8 Å². The molecule has 0 atom stereocenters. The van der Waals surface area contributed by atoms with Gasteiger partial charge in [0.05, 0.1) is 7.11 Å². The summed E-state index contributed by atoms with van der Waals surface area (Å²) in [4.78, 5) is 0. The summed E-state index contributed by atoms with van der Waals surface area (Å²) in [5, 5.41) is 3.13. The zero-order valence-corrected chi connectivity index (χ0v) is 10.6. The molecule has 0 aromatic heterocycles. The van der Waals surface area contributed by atoms with Crippen molar-refractivity contribution in [1.82, 2.24) is 5.32 Å². The lowest BCUT2D eigenvalue weighted by Crippen LogP contribution is -2.06. The molecule has 2 rings (SSSR count). The van der Waals surface area contributed by atoms with Crippen LogP contribution in [0.15, 0.2) is 48.5 Å². The average Bonchev–Trinajstić information content (AvgIpc) is 2.42. The van der Waals surface area contributed by atoms with Gasteiger partial charge in [0.1, 0.15) is 17.2 Å². The Kier molecular flexibility index (Phi) is 4.20. The SMILES string of the molecule is CNCc1ccccc1Oc1ccc(OC)cc1. The van der Waals surface area contributed by atoms with Crippen LogP contribution in [0.1, 0.15) is 5.56 Å². The van der Waals surface area contributed by atoms with Crippen LogP contribution in [-0.4, -0.2) is 14.2 Å². The van der Waals surface area contributed by atoms with Gasteiger partial charge in [0.15, 0.2) is 0 Å². The van der Waals surface area contributed by atoms with Gasteiger partial charge in [-0.25, -0.2) is 0 Å². The van der Waals surface area contributed by atoms with Crippen LogP contribution in [0.3, 0.4) is 0 Å². The summed E-state index contributed by atoms with van der Waals surface area (Å²) in [5.74, 6) is 2.50. The fourth-order valence-corrected chi connectivity index (χ4v) is 1.71. The smallest absolute Gasteiger partial charge is 0.131 e. The van der Waals surface area contributed by atoms with Crippen LogP contribution in [0.5, 0.6) is 17.2 Å². The number of rotatable bonds is 5. The lowest BCUT2D eigenvalue weighted by atomic mass is 10.2. The van der Waals surface area contributed by atoms with Gasteiger partial charge in [0.2, 0.25) is 0 Å². The highest BCUT2D eigenvalue weighted by molar-refractivity contribution is 5.39. The molecule has 2 aromatic carbocycles. The van der Waals surface area contributed by atoms with E-state index in [4.69, 9.17) is 9.47 Å². The van der Waals surface area contributed by atoms with Crippen molar-refractivity contribution in [3.8, 4) is 17.2 Å². The average molecular weight is 243 g/mol. The Labute approximate surface area is 107 Å². The summed E-state index contributed by atoms with van der Waals surface area (Å²) in [6.45, 7) is 0.784. The highest BCUT2D eigenvalue weighted by Gasteiger charge is 2.03. The summed E-state index contributed by atoms with van der Waals surface area (Å²) in [6.07, 6.45) is 0. The molecular formula is C15H17NO2. The van der Waals surface area contributed by atoms with Gasteiger partial charge in [-0.1, -0.05) is 18.2 Å². The molecule has 0 aliphatic heterocycles. The highest BCUT2D eigenvalue weighted by Crippen LogP contribution is 2.26. The second-order valence-corrected chi connectivity index (χ2v) is 3.92. The predicted octanol–water partition coefficient (Wildman–Crippen LogP) is 3.21. The third-order valence-electron chi connectivity index (χ3n) is 2.63. The van der Waals surface area contributed by atoms with Gasteiger partial charge in [0.25, 0.3) is 0 Å². The van der Waals surface area contributed by atoms with Gasteiger partial charge in [-0.15, -0.1) is 0 Å². The lowest BCUT2D eigenvalue weighted by Gasteiger charge is -2.11. The largest absolute Gasteiger partial charge is 0.497 e. The lowest BCUT2D eigenvalue weighted by molar-refractivity contribution is 0.412. The van der Waals surface area contributed by atoms with E-state index in [-0.39, 0.29) is 0 Å². The Morgan fingerprint density at radius 2 is 1.61 bits per heavy atom. The maximum absolute atomic E-state index is 5.87. The molecule has 0 radical (unpaired) electrons.